The van der Waals surface area contributed by atoms with Crippen LogP contribution in [0.1, 0.15) is 25.0 Å². The molecule has 128 valence electrons. The predicted octanol–water partition coefficient (Wildman–Crippen LogP) is 2.96. The first-order valence-electron chi connectivity index (χ1n) is 8.05. The quantitative estimate of drug-likeness (QED) is 0.658. The smallest absolute Gasteiger partial charge is 0.315 e. The van der Waals surface area contributed by atoms with Gasteiger partial charge in [-0.2, -0.15) is 0 Å². The molecule has 5 heteroatoms. The van der Waals surface area contributed by atoms with Crippen LogP contribution < -0.4 is 10.6 Å². The number of nitrogens with one attached hydrogen (secondary N) is 2. The van der Waals surface area contributed by atoms with Crippen LogP contribution in [0.25, 0.3) is 0 Å². The largest absolute Gasteiger partial charge is 0.508 e. The fourth-order valence-corrected chi connectivity index (χ4v) is 2.56. The molecule has 0 saturated carbocycles. The van der Waals surface area contributed by atoms with Crippen molar-refractivity contribution in [2.45, 2.75) is 38.8 Å². The number of phenols is 2. The summed E-state index contributed by atoms with van der Waals surface area (Å²) < 4.78 is 0. The molecule has 0 fully saturated rings. The Morgan fingerprint density at radius 3 is 1.46 bits per heavy atom. The molecule has 0 aliphatic carbocycles. The monoisotopic (exact) mass is 328 g/mol. The average molecular weight is 328 g/mol. The minimum atomic E-state index is -0.201. The van der Waals surface area contributed by atoms with Crippen LogP contribution in [0.15, 0.2) is 48.5 Å². The van der Waals surface area contributed by atoms with Crippen molar-refractivity contribution in [3.63, 3.8) is 0 Å². The van der Waals surface area contributed by atoms with E-state index in [-0.39, 0.29) is 29.6 Å². The number of hydrogen-bond donors (Lipinski definition) is 4. The van der Waals surface area contributed by atoms with Crippen molar-refractivity contribution in [2.75, 3.05) is 0 Å². The lowest BCUT2D eigenvalue weighted by atomic mass is 10.1. The first-order valence-corrected chi connectivity index (χ1v) is 8.05. The number of amides is 2. The van der Waals surface area contributed by atoms with Gasteiger partial charge in [0.2, 0.25) is 0 Å². The lowest BCUT2D eigenvalue weighted by molar-refractivity contribution is 0.234. The molecule has 0 spiro atoms. The molecular weight excluding hydrogens is 304 g/mol. The van der Waals surface area contributed by atoms with E-state index in [4.69, 9.17) is 0 Å². The van der Waals surface area contributed by atoms with Crippen LogP contribution >= 0.6 is 0 Å². The average Bonchev–Trinajstić information content (AvgIpc) is 2.51. The highest BCUT2D eigenvalue weighted by molar-refractivity contribution is 5.74. The Kier molecular flexibility index (Phi) is 6.07. The number of hydrogen-bond acceptors (Lipinski definition) is 3. The van der Waals surface area contributed by atoms with Gasteiger partial charge in [0.05, 0.1) is 0 Å². The van der Waals surface area contributed by atoms with E-state index in [0.717, 1.165) is 11.1 Å². The molecule has 2 amide bonds. The minimum Gasteiger partial charge on any atom is -0.508 e. The Hall–Kier alpha value is -2.69. The molecule has 2 atom stereocenters. The van der Waals surface area contributed by atoms with E-state index in [2.05, 4.69) is 10.6 Å². The summed E-state index contributed by atoms with van der Waals surface area (Å²) in [7, 11) is 0. The summed E-state index contributed by atoms with van der Waals surface area (Å²) in [5.74, 6) is 0.473. The van der Waals surface area contributed by atoms with Gasteiger partial charge in [-0.15, -0.1) is 0 Å². The van der Waals surface area contributed by atoms with Crippen molar-refractivity contribution in [1.82, 2.24) is 10.6 Å². The van der Waals surface area contributed by atoms with Crippen LogP contribution in [0.2, 0.25) is 0 Å². The molecule has 5 nitrogen and oxygen atoms in total. The van der Waals surface area contributed by atoms with Gasteiger partial charge in [-0.3, -0.25) is 0 Å². The highest BCUT2D eigenvalue weighted by Crippen LogP contribution is 2.12. The van der Waals surface area contributed by atoms with Gasteiger partial charge < -0.3 is 20.8 Å². The van der Waals surface area contributed by atoms with Crippen LogP contribution in [0, 0.1) is 0 Å². The van der Waals surface area contributed by atoms with Crippen LogP contribution in [-0.2, 0) is 12.8 Å². The fourth-order valence-electron chi connectivity index (χ4n) is 2.56. The van der Waals surface area contributed by atoms with Crippen LogP contribution in [0.3, 0.4) is 0 Å². The van der Waals surface area contributed by atoms with E-state index in [9.17, 15) is 15.0 Å². The number of urea groups is 1. The first kappa shape index (κ1) is 17.7. The lowest BCUT2D eigenvalue weighted by Crippen LogP contribution is -2.45. The summed E-state index contributed by atoms with van der Waals surface area (Å²) in [6, 6.07) is 13.7. The second-order valence-electron chi connectivity index (χ2n) is 6.16. The topological polar surface area (TPSA) is 81.6 Å². The Balaban J connectivity index is 1.76. The zero-order chi connectivity index (χ0) is 17.5. The van der Waals surface area contributed by atoms with Gasteiger partial charge in [0.25, 0.3) is 0 Å². The molecule has 2 aromatic carbocycles. The first-order chi connectivity index (χ1) is 11.4. The normalized spacial score (nSPS) is 13.1. The third kappa shape index (κ3) is 5.83. The zero-order valence-electron chi connectivity index (χ0n) is 14.0. The maximum atomic E-state index is 12.1. The molecule has 0 aromatic heterocycles. The molecule has 0 saturated heterocycles. The summed E-state index contributed by atoms with van der Waals surface area (Å²) in [4.78, 5) is 12.1. The predicted molar refractivity (Wildman–Crippen MR) is 94.2 cm³/mol. The van der Waals surface area contributed by atoms with Crippen molar-refractivity contribution >= 4 is 6.03 Å². The van der Waals surface area contributed by atoms with Gasteiger partial charge in [0.15, 0.2) is 0 Å². The molecular formula is C19H24N2O3. The summed E-state index contributed by atoms with van der Waals surface area (Å²) >= 11 is 0. The Bertz CT molecular complexity index is 596. The Morgan fingerprint density at radius 2 is 1.12 bits per heavy atom. The molecule has 4 N–H and O–H groups in total. The van der Waals surface area contributed by atoms with Crippen molar-refractivity contribution in [3.05, 3.63) is 59.7 Å². The summed E-state index contributed by atoms with van der Waals surface area (Å²) in [6.45, 7) is 3.88. The molecule has 0 aliphatic rings. The third-order valence-electron chi connectivity index (χ3n) is 3.71. The number of carbonyl (C=O) groups excluding carboxylic acids is 1. The van der Waals surface area contributed by atoms with Crippen molar-refractivity contribution in [3.8, 4) is 11.5 Å². The number of phenolic OH excluding ortho intramolecular Hbond substituents is 2. The SMILES string of the molecule is C[C@H](Cc1ccc(O)cc1)NC(=O)N[C@@H](C)Cc1ccc(O)cc1. The molecule has 0 heterocycles. The van der Waals surface area contributed by atoms with Crippen LogP contribution in [-0.4, -0.2) is 28.3 Å². The fraction of sp³-hybridized carbons (Fsp3) is 0.316. The zero-order valence-corrected chi connectivity index (χ0v) is 14.0. The van der Waals surface area contributed by atoms with E-state index in [1.54, 1.807) is 24.3 Å². The van der Waals surface area contributed by atoms with Crippen molar-refractivity contribution in [1.29, 1.82) is 0 Å². The standard InChI is InChI=1S/C19H24N2O3/c1-13(11-15-3-7-17(22)8-4-15)20-19(24)21-14(2)12-16-5-9-18(23)10-6-16/h3-10,13-14,22-23H,11-12H2,1-2H3,(H2,20,21,24)/t13-,14+. The summed E-state index contributed by atoms with van der Waals surface area (Å²) in [5, 5.41) is 24.4. The van der Waals surface area contributed by atoms with Gasteiger partial charge in [-0.25, -0.2) is 4.79 Å². The van der Waals surface area contributed by atoms with Gasteiger partial charge in [0, 0.05) is 12.1 Å². The number of aromatic hydroxyl groups is 2. The molecule has 0 aliphatic heterocycles. The number of rotatable bonds is 6. The second-order valence-corrected chi connectivity index (χ2v) is 6.16. The Morgan fingerprint density at radius 1 is 0.792 bits per heavy atom. The molecule has 2 rings (SSSR count). The number of benzene rings is 2. The van der Waals surface area contributed by atoms with E-state index < -0.39 is 0 Å². The van der Waals surface area contributed by atoms with Crippen molar-refractivity contribution < 1.29 is 15.0 Å². The van der Waals surface area contributed by atoms with E-state index in [1.807, 2.05) is 38.1 Å². The van der Waals surface area contributed by atoms with Gasteiger partial charge >= 0.3 is 6.03 Å². The lowest BCUT2D eigenvalue weighted by Gasteiger charge is -2.18. The maximum Gasteiger partial charge on any atom is 0.315 e. The molecule has 0 bridgehead atoms. The second kappa shape index (κ2) is 8.24. The number of carbonyl (C=O) groups is 1. The molecule has 0 unspecified atom stereocenters. The van der Waals surface area contributed by atoms with E-state index >= 15 is 0 Å². The maximum absolute atomic E-state index is 12.1. The molecule has 24 heavy (non-hydrogen) atoms. The Labute approximate surface area is 142 Å². The third-order valence-corrected chi connectivity index (χ3v) is 3.71. The van der Waals surface area contributed by atoms with Gasteiger partial charge in [-0.05, 0) is 62.1 Å². The van der Waals surface area contributed by atoms with Crippen molar-refractivity contribution in [2.24, 2.45) is 0 Å². The van der Waals surface area contributed by atoms with E-state index in [1.165, 1.54) is 0 Å². The van der Waals surface area contributed by atoms with Gasteiger partial charge in [-0.1, -0.05) is 24.3 Å². The summed E-state index contributed by atoms with van der Waals surface area (Å²) in [5.41, 5.74) is 2.11. The minimum absolute atomic E-state index is 0.0181. The van der Waals surface area contributed by atoms with E-state index in [0.29, 0.717) is 12.8 Å². The molecule has 0 radical (unpaired) electrons. The van der Waals surface area contributed by atoms with Crippen LogP contribution in [0.5, 0.6) is 11.5 Å². The molecule has 2 aromatic rings. The van der Waals surface area contributed by atoms with Crippen LogP contribution in [0.4, 0.5) is 4.79 Å². The van der Waals surface area contributed by atoms with Gasteiger partial charge in [0.1, 0.15) is 11.5 Å². The highest BCUT2D eigenvalue weighted by atomic mass is 16.3. The highest BCUT2D eigenvalue weighted by Gasteiger charge is 2.11. The summed E-state index contributed by atoms with van der Waals surface area (Å²) in [6.07, 6.45) is 1.39.